The van der Waals surface area contributed by atoms with Crippen LogP contribution >= 0.6 is 0 Å². The molecule has 2 atom stereocenters. The third-order valence-electron chi connectivity index (χ3n) is 5.27. The molecule has 0 spiro atoms. The number of piperidine rings is 1. The van der Waals surface area contributed by atoms with Crippen LogP contribution in [0, 0.1) is 0 Å². The molecule has 3 rings (SSSR count). The molecule has 2 bridgehead atoms. The summed E-state index contributed by atoms with van der Waals surface area (Å²) in [5, 5.41) is 0. The Morgan fingerprint density at radius 2 is 1.89 bits per heavy atom. The first kappa shape index (κ1) is 20.7. The minimum atomic E-state index is -0.461. The van der Waals surface area contributed by atoms with Crippen LogP contribution < -0.4 is 4.74 Å². The number of hydrogen-bond acceptors (Lipinski definition) is 4. The van der Waals surface area contributed by atoms with Crippen LogP contribution in [0.2, 0.25) is 0 Å². The van der Waals surface area contributed by atoms with E-state index in [1.165, 1.54) is 11.1 Å². The highest BCUT2D eigenvalue weighted by atomic mass is 16.6. The topological polar surface area (TPSA) is 42.0 Å². The molecular formula is C23H34N2O3. The first-order valence-electron chi connectivity index (χ1n) is 10.3. The van der Waals surface area contributed by atoms with Crippen LogP contribution in [0.5, 0.6) is 5.75 Å². The van der Waals surface area contributed by atoms with Gasteiger partial charge in [0.15, 0.2) is 0 Å². The van der Waals surface area contributed by atoms with Crippen LogP contribution in [0.3, 0.4) is 0 Å². The van der Waals surface area contributed by atoms with Gasteiger partial charge in [-0.3, -0.25) is 4.90 Å². The molecule has 0 saturated carbocycles. The van der Waals surface area contributed by atoms with Gasteiger partial charge in [0.05, 0.1) is 6.04 Å². The Bertz CT molecular complexity index is 704. The summed E-state index contributed by atoms with van der Waals surface area (Å²) >= 11 is 0. The minimum Gasteiger partial charge on any atom is -0.492 e. The molecule has 1 aromatic carbocycles. The molecule has 0 radical (unpaired) electrons. The number of carbonyl (C=O) groups is 1. The molecule has 1 amide bonds. The molecule has 2 unspecified atom stereocenters. The number of carbonyl (C=O) groups excluding carboxylic acids is 1. The molecule has 154 valence electrons. The average molecular weight is 387 g/mol. The van der Waals surface area contributed by atoms with Gasteiger partial charge < -0.3 is 14.4 Å². The highest BCUT2D eigenvalue weighted by Gasteiger charge is 2.39. The van der Waals surface area contributed by atoms with Crippen molar-refractivity contribution < 1.29 is 14.3 Å². The van der Waals surface area contributed by atoms with E-state index in [1.54, 1.807) is 0 Å². The van der Waals surface area contributed by atoms with Gasteiger partial charge in [0.2, 0.25) is 0 Å². The lowest BCUT2D eigenvalue weighted by molar-refractivity contribution is 0.0000852. The van der Waals surface area contributed by atoms with Gasteiger partial charge in [-0.05, 0) is 83.8 Å². The fourth-order valence-corrected chi connectivity index (χ4v) is 3.95. The quantitative estimate of drug-likeness (QED) is 0.743. The maximum Gasteiger partial charge on any atom is 0.411 e. The third kappa shape index (κ3) is 5.28. The molecule has 1 aromatic rings. The molecule has 2 aliphatic heterocycles. The number of likely N-dealkylation sites (N-methyl/N-ethyl adjacent to an activating group) is 1. The van der Waals surface area contributed by atoms with E-state index in [9.17, 15) is 4.79 Å². The van der Waals surface area contributed by atoms with Crippen molar-refractivity contribution in [3.05, 3.63) is 35.9 Å². The summed E-state index contributed by atoms with van der Waals surface area (Å²) in [5.74, 6) is 0.901. The van der Waals surface area contributed by atoms with Crippen LogP contribution in [0.15, 0.2) is 30.3 Å². The van der Waals surface area contributed by atoms with E-state index in [-0.39, 0.29) is 18.2 Å². The van der Waals surface area contributed by atoms with Gasteiger partial charge in [-0.1, -0.05) is 18.2 Å². The standard InChI is InChI=1S/C23H34N2O3/c1-23(2,3)28-22(26)25-19-7-6-8-20(25)16-18(15-19)17-9-11-21(12-10-17)27-14-13-24(4)5/h9-12,15,19-20H,6-8,13-14,16H2,1-5H3. The van der Waals surface area contributed by atoms with Gasteiger partial charge in [-0.15, -0.1) is 0 Å². The lowest BCUT2D eigenvalue weighted by atomic mass is 9.83. The second kappa shape index (κ2) is 8.56. The smallest absolute Gasteiger partial charge is 0.411 e. The highest BCUT2D eigenvalue weighted by molar-refractivity contribution is 5.75. The normalized spacial score (nSPS) is 22.1. The Morgan fingerprint density at radius 3 is 2.50 bits per heavy atom. The highest BCUT2D eigenvalue weighted by Crippen LogP contribution is 2.38. The second-order valence-corrected chi connectivity index (χ2v) is 9.11. The van der Waals surface area contributed by atoms with Crippen LogP contribution in [0.25, 0.3) is 5.57 Å². The number of hydrogen-bond donors (Lipinski definition) is 0. The van der Waals surface area contributed by atoms with Crippen molar-refractivity contribution in [2.45, 2.75) is 64.1 Å². The number of rotatable bonds is 5. The number of fused-ring (bicyclic) bond motifs is 2. The SMILES string of the molecule is CN(C)CCOc1ccc(C2=CC3CCCC(C2)N3C(=O)OC(C)(C)C)cc1. The van der Waals surface area contributed by atoms with Gasteiger partial charge >= 0.3 is 6.09 Å². The van der Waals surface area contributed by atoms with Gasteiger partial charge in [-0.2, -0.15) is 0 Å². The lowest BCUT2D eigenvalue weighted by Gasteiger charge is -2.45. The fourth-order valence-electron chi connectivity index (χ4n) is 3.95. The van der Waals surface area contributed by atoms with E-state index in [2.05, 4.69) is 23.1 Å². The maximum atomic E-state index is 12.7. The van der Waals surface area contributed by atoms with Crippen LogP contribution in [0.1, 0.15) is 52.0 Å². The Kier molecular flexibility index (Phi) is 6.33. The zero-order valence-corrected chi connectivity index (χ0v) is 17.9. The van der Waals surface area contributed by atoms with Crippen molar-refractivity contribution in [2.24, 2.45) is 0 Å². The number of ether oxygens (including phenoxy) is 2. The largest absolute Gasteiger partial charge is 0.492 e. The summed E-state index contributed by atoms with van der Waals surface area (Å²) in [6.07, 6.45) is 6.18. The molecule has 0 N–H and O–H groups in total. The van der Waals surface area contributed by atoms with E-state index in [0.29, 0.717) is 6.61 Å². The molecule has 1 saturated heterocycles. The predicted octanol–water partition coefficient (Wildman–Crippen LogP) is 4.57. The zero-order chi connectivity index (χ0) is 20.3. The van der Waals surface area contributed by atoms with Crippen LogP contribution in [-0.2, 0) is 4.74 Å². The molecule has 5 heteroatoms. The fraction of sp³-hybridized carbons (Fsp3) is 0.609. The van der Waals surface area contributed by atoms with E-state index in [1.807, 2.05) is 51.9 Å². The van der Waals surface area contributed by atoms with Gasteiger partial charge in [0.25, 0.3) is 0 Å². The monoisotopic (exact) mass is 386 g/mol. The second-order valence-electron chi connectivity index (χ2n) is 9.11. The Morgan fingerprint density at radius 1 is 1.18 bits per heavy atom. The molecule has 28 heavy (non-hydrogen) atoms. The Labute approximate surface area is 169 Å². The molecule has 0 aliphatic carbocycles. The zero-order valence-electron chi connectivity index (χ0n) is 17.9. The average Bonchev–Trinajstić information content (AvgIpc) is 2.59. The van der Waals surface area contributed by atoms with Gasteiger partial charge in [0, 0.05) is 12.6 Å². The van der Waals surface area contributed by atoms with Crippen molar-refractivity contribution in [2.75, 3.05) is 27.2 Å². The summed E-state index contributed by atoms with van der Waals surface area (Å²) < 4.78 is 11.5. The summed E-state index contributed by atoms with van der Waals surface area (Å²) in [7, 11) is 4.08. The maximum absolute atomic E-state index is 12.7. The Balaban J connectivity index is 1.69. The van der Waals surface area contributed by atoms with Gasteiger partial charge in [-0.25, -0.2) is 4.79 Å². The van der Waals surface area contributed by atoms with E-state index in [4.69, 9.17) is 9.47 Å². The summed E-state index contributed by atoms with van der Waals surface area (Å²) in [5.41, 5.74) is 2.09. The molecular weight excluding hydrogens is 352 g/mol. The minimum absolute atomic E-state index is 0.133. The van der Waals surface area contributed by atoms with Crippen molar-refractivity contribution in [1.82, 2.24) is 9.80 Å². The van der Waals surface area contributed by atoms with Gasteiger partial charge in [0.1, 0.15) is 18.0 Å². The van der Waals surface area contributed by atoms with Crippen LogP contribution in [0.4, 0.5) is 4.79 Å². The first-order chi connectivity index (χ1) is 13.2. The van der Waals surface area contributed by atoms with E-state index < -0.39 is 5.60 Å². The van der Waals surface area contributed by atoms with E-state index in [0.717, 1.165) is 38.0 Å². The van der Waals surface area contributed by atoms with Crippen molar-refractivity contribution in [1.29, 1.82) is 0 Å². The lowest BCUT2D eigenvalue weighted by Crippen LogP contribution is -2.53. The van der Waals surface area contributed by atoms with Crippen molar-refractivity contribution >= 4 is 11.7 Å². The third-order valence-corrected chi connectivity index (χ3v) is 5.27. The molecule has 1 fully saturated rings. The number of amides is 1. The van der Waals surface area contributed by atoms with E-state index >= 15 is 0 Å². The van der Waals surface area contributed by atoms with Crippen molar-refractivity contribution in [3.8, 4) is 5.75 Å². The molecule has 2 aliphatic rings. The number of benzene rings is 1. The summed E-state index contributed by atoms with van der Waals surface area (Å²) in [6.45, 7) is 7.36. The summed E-state index contributed by atoms with van der Waals surface area (Å²) in [6, 6.07) is 8.72. The Hall–Kier alpha value is -2.01. The predicted molar refractivity (Wildman–Crippen MR) is 113 cm³/mol. The van der Waals surface area contributed by atoms with Crippen LogP contribution in [-0.4, -0.2) is 60.8 Å². The molecule has 5 nitrogen and oxygen atoms in total. The van der Waals surface area contributed by atoms with Crippen molar-refractivity contribution in [3.63, 3.8) is 0 Å². The summed E-state index contributed by atoms with van der Waals surface area (Å²) in [4.78, 5) is 16.8. The number of nitrogens with zero attached hydrogens (tertiary/aromatic N) is 2. The molecule has 0 aromatic heterocycles. The molecule has 2 heterocycles. The first-order valence-corrected chi connectivity index (χ1v) is 10.3.